The van der Waals surface area contributed by atoms with Crippen LogP contribution in [-0.4, -0.2) is 37.1 Å². The van der Waals surface area contributed by atoms with Gasteiger partial charge in [-0.3, -0.25) is 9.59 Å². The van der Waals surface area contributed by atoms with E-state index in [9.17, 15) is 9.59 Å². The first-order chi connectivity index (χ1) is 12.6. The van der Waals surface area contributed by atoms with Crippen molar-refractivity contribution in [2.24, 2.45) is 5.92 Å². The fourth-order valence-electron chi connectivity index (χ4n) is 2.87. The predicted octanol–water partition coefficient (Wildman–Crippen LogP) is 2.48. The molecule has 0 spiro atoms. The maximum Gasteiger partial charge on any atom is 0.237 e. The van der Waals surface area contributed by atoms with Crippen LogP contribution in [0.4, 0.5) is 11.4 Å². The van der Waals surface area contributed by atoms with Crippen LogP contribution in [0.25, 0.3) is 0 Å². The Kier molecular flexibility index (Phi) is 5.36. The smallest absolute Gasteiger partial charge is 0.237 e. The van der Waals surface area contributed by atoms with Gasteiger partial charge in [-0.1, -0.05) is 0 Å². The number of rotatable bonds is 6. The molecule has 1 fully saturated rings. The van der Waals surface area contributed by atoms with E-state index < -0.39 is 5.92 Å². The zero-order valence-electron chi connectivity index (χ0n) is 14.8. The van der Waals surface area contributed by atoms with Crippen LogP contribution in [0.15, 0.2) is 42.6 Å². The van der Waals surface area contributed by atoms with E-state index in [1.54, 1.807) is 42.5 Å². The highest BCUT2D eigenvalue weighted by molar-refractivity contribution is 6.03. The molecule has 0 radical (unpaired) electrons. The zero-order chi connectivity index (χ0) is 18.5. The molecule has 1 aliphatic heterocycles. The maximum atomic E-state index is 12.6. The lowest BCUT2D eigenvalue weighted by Gasteiger charge is -2.17. The van der Waals surface area contributed by atoms with E-state index in [2.05, 4.69) is 10.3 Å². The second-order valence-corrected chi connectivity index (χ2v) is 5.88. The van der Waals surface area contributed by atoms with Crippen LogP contribution in [0.1, 0.15) is 13.3 Å². The number of nitrogens with zero attached hydrogens (tertiary/aromatic N) is 2. The van der Waals surface area contributed by atoms with E-state index in [4.69, 9.17) is 9.47 Å². The third kappa shape index (κ3) is 3.77. The van der Waals surface area contributed by atoms with Crippen LogP contribution in [0.2, 0.25) is 0 Å². The van der Waals surface area contributed by atoms with Gasteiger partial charge in [0.25, 0.3) is 0 Å². The Hall–Kier alpha value is -3.09. The van der Waals surface area contributed by atoms with Crippen LogP contribution in [0.3, 0.4) is 0 Å². The minimum atomic E-state index is -0.431. The van der Waals surface area contributed by atoms with Crippen molar-refractivity contribution in [2.45, 2.75) is 13.3 Å². The average Bonchev–Trinajstić information content (AvgIpc) is 3.05. The molecular weight excluding hydrogens is 334 g/mol. The second kappa shape index (κ2) is 7.86. The molecule has 2 amide bonds. The Morgan fingerprint density at radius 2 is 2.08 bits per heavy atom. The molecule has 26 heavy (non-hydrogen) atoms. The lowest BCUT2D eigenvalue weighted by molar-refractivity contribution is -0.122. The Morgan fingerprint density at radius 1 is 1.31 bits per heavy atom. The van der Waals surface area contributed by atoms with Gasteiger partial charge < -0.3 is 19.7 Å². The van der Waals surface area contributed by atoms with E-state index in [0.717, 1.165) is 11.4 Å². The SMILES string of the molecule is CCOc1ncccc1NC(=O)C1CC(=O)N(c2ccc(OC)cc2)C1. The van der Waals surface area contributed by atoms with Gasteiger partial charge >= 0.3 is 0 Å². The monoisotopic (exact) mass is 355 g/mol. The first-order valence-electron chi connectivity index (χ1n) is 8.45. The Balaban J connectivity index is 1.69. The van der Waals surface area contributed by atoms with Gasteiger partial charge in [0.1, 0.15) is 11.4 Å². The van der Waals surface area contributed by atoms with E-state index in [1.807, 2.05) is 19.1 Å². The molecular formula is C19H21N3O4. The summed E-state index contributed by atoms with van der Waals surface area (Å²) in [5, 5.41) is 2.82. The molecule has 1 aliphatic rings. The van der Waals surface area contributed by atoms with Crippen molar-refractivity contribution in [3.63, 3.8) is 0 Å². The van der Waals surface area contributed by atoms with E-state index in [-0.39, 0.29) is 18.2 Å². The van der Waals surface area contributed by atoms with Crippen molar-refractivity contribution >= 4 is 23.2 Å². The van der Waals surface area contributed by atoms with Gasteiger partial charge in [0.05, 0.1) is 19.6 Å². The summed E-state index contributed by atoms with van der Waals surface area (Å²) in [5.41, 5.74) is 1.26. The van der Waals surface area contributed by atoms with Crippen LogP contribution >= 0.6 is 0 Å². The summed E-state index contributed by atoms with van der Waals surface area (Å²) in [6, 6.07) is 10.7. The molecule has 2 aromatic rings. The highest BCUT2D eigenvalue weighted by Gasteiger charge is 2.35. The van der Waals surface area contributed by atoms with E-state index in [0.29, 0.717) is 24.7 Å². The lowest BCUT2D eigenvalue weighted by atomic mass is 10.1. The standard InChI is InChI=1S/C19H21N3O4/c1-3-26-19-16(5-4-10-20-19)21-18(24)13-11-17(23)22(12-13)14-6-8-15(25-2)9-7-14/h4-10,13H,3,11-12H2,1-2H3,(H,21,24). The number of hydrogen-bond donors (Lipinski definition) is 1. The Morgan fingerprint density at radius 3 is 2.77 bits per heavy atom. The minimum Gasteiger partial charge on any atom is -0.497 e. The van der Waals surface area contributed by atoms with Gasteiger partial charge in [0.2, 0.25) is 17.7 Å². The van der Waals surface area contributed by atoms with Gasteiger partial charge in [0.15, 0.2) is 0 Å². The molecule has 1 aromatic carbocycles. The number of methoxy groups -OCH3 is 1. The number of carbonyl (C=O) groups is 2. The fraction of sp³-hybridized carbons (Fsp3) is 0.316. The molecule has 0 aliphatic carbocycles. The summed E-state index contributed by atoms with van der Waals surface area (Å²) in [7, 11) is 1.59. The van der Waals surface area contributed by atoms with Gasteiger partial charge in [-0.2, -0.15) is 0 Å². The normalized spacial score (nSPS) is 16.5. The molecule has 1 N–H and O–H groups in total. The molecule has 7 nitrogen and oxygen atoms in total. The summed E-state index contributed by atoms with van der Waals surface area (Å²) >= 11 is 0. The number of pyridine rings is 1. The molecule has 136 valence electrons. The van der Waals surface area contributed by atoms with Crippen molar-refractivity contribution < 1.29 is 19.1 Å². The molecule has 1 unspecified atom stereocenters. The van der Waals surface area contributed by atoms with Crippen molar-refractivity contribution in [3.05, 3.63) is 42.6 Å². The molecule has 3 rings (SSSR count). The number of anilines is 2. The Labute approximate surface area is 151 Å². The number of nitrogens with one attached hydrogen (secondary N) is 1. The molecule has 0 bridgehead atoms. The van der Waals surface area contributed by atoms with E-state index >= 15 is 0 Å². The summed E-state index contributed by atoms with van der Waals surface area (Å²) in [6.07, 6.45) is 1.77. The third-order valence-corrected chi connectivity index (χ3v) is 4.19. The number of carbonyl (C=O) groups excluding carboxylic acids is 2. The van der Waals surface area contributed by atoms with Gasteiger partial charge in [0, 0.05) is 24.8 Å². The summed E-state index contributed by atoms with van der Waals surface area (Å²) in [6.45, 7) is 2.64. The maximum absolute atomic E-state index is 12.6. The first-order valence-corrected chi connectivity index (χ1v) is 8.45. The highest BCUT2D eigenvalue weighted by atomic mass is 16.5. The molecule has 1 saturated heterocycles. The largest absolute Gasteiger partial charge is 0.497 e. The molecule has 1 aromatic heterocycles. The highest BCUT2D eigenvalue weighted by Crippen LogP contribution is 2.28. The van der Waals surface area contributed by atoms with Crippen molar-refractivity contribution in [1.29, 1.82) is 0 Å². The van der Waals surface area contributed by atoms with Crippen molar-refractivity contribution in [2.75, 3.05) is 30.5 Å². The second-order valence-electron chi connectivity index (χ2n) is 5.88. The van der Waals surface area contributed by atoms with Crippen LogP contribution in [0, 0.1) is 5.92 Å². The Bertz CT molecular complexity index is 792. The first kappa shape index (κ1) is 17.7. The summed E-state index contributed by atoms with van der Waals surface area (Å²) < 4.78 is 10.5. The lowest BCUT2D eigenvalue weighted by Crippen LogP contribution is -2.28. The molecule has 1 atom stereocenters. The molecule has 0 saturated carbocycles. The van der Waals surface area contributed by atoms with Crippen LogP contribution in [0.5, 0.6) is 11.6 Å². The predicted molar refractivity (Wildman–Crippen MR) is 97.5 cm³/mol. The van der Waals surface area contributed by atoms with Gasteiger partial charge in [-0.15, -0.1) is 0 Å². The number of ether oxygens (including phenoxy) is 2. The number of benzene rings is 1. The molecule has 7 heteroatoms. The van der Waals surface area contributed by atoms with Crippen molar-refractivity contribution in [3.8, 4) is 11.6 Å². The van der Waals surface area contributed by atoms with Gasteiger partial charge in [-0.05, 0) is 43.3 Å². The fourth-order valence-corrected chi connectivity index (χ4v) is 2.87. The minimum absolute atomic E-state index is 0.0773. The summed E-state index contributed by atoms with van der Waals surface area (Å²) in [5.74, 6) is 0.364. The topological polar surface area (TPSA) is 80.8 Å². The number of amides is 2. The third-order valence-electron chi connectivity index (χ3n) is 4.19. The van der Waals surface area contributed by atoms with Crippen LogP contribution in [-0.2, 0) is 9.59 Å². The number of aromatic nitrogens is 1. The van der Waals surface area contributed by atoms with E-state index in [1.165, 1.54) is 0 Å². The molecule has 2 heterocycles. The summed E-state index contributed by atoms with van der Waals surface area (Å²) in [4.78, 5) is 30.7. The quantitative estimate of drug-likeness (QED) is 0.861. The number of hydrogen-bond acceptors (Lipinski definition) is 5. The van der Waals surface area contributed by atoms with Crippen LogP contribution < -0.4 is 19.7 Å². The average molecular weight is 355 g/mol. The zero-order valence-corrected chi connectivity index (χ0v) is 14.8. The van der Waals surface area contributed by atoms with Gasteiger partial charge in [-0.25, -0.2) is 4.98 Å². The van der Waals surface area contributed by atoms with Crippen molar-refractivity contribution in [1.82, 2.24) is 4.98 Å².